The van der Waals surface area contributed by atoms with Gasteiger partial charge in [0.05, 0.1) is 26.3 Å². The van der Waals surface area contributed by atoms with Crippen LogP contribution in [-0.4, -0.2) is 53.1 Å². The van der Waals surface area contributed by atoms with E-state index in [0.29, 0.717) is 51.5 Å². The molecule has 0 unspecified atom stereocenters. The molecule has 1 N–H and O–H groups in total. The number of ether oxygens (including phenoxy) is 3. The van der Waals surface area contributed by atoms with Crippen molar-refractivity contribution in [1.82, 2.24) is 25.1 Å². The average Bonchev–Trinajstić information content (AvgIpc) is 3.24. The van der Waals surface area contributed by atoms with Crippen molar-refractivity contribution in [2.24, 2.45) is 0 Å². The van der Waals surface area contributed by atoms with Crippen molar-refractivity contribution in [3.63, 3.8) is 0 Å². The van der Waals surface area contributed by atoms with E-state index in [1.807, 2.05) is 12.1 Å². The minimum Gasteiger partial charge on any atom is -0.497 e. The summed E-state index contributed by atoms with van der Waals surface area (Å²) in [5.41, 5.74) is 1.79. The van der Waals surface area contributed by atoms with E-state index in [9.17, 15) is 4.79 Å². The number of aromatic nitrogens is 4. The number of benzene rings is 2. The normalized spacial score (nSPS) is 10.7. The summed E-state index contributed by atoms with van der Waals surface area (Å²) < 4.78 is 18.0. The van der Waals surface area contributed by atoms with Crippen molar-refractivity contribution >= 4 is 23.2 Å². The second-order valence-corrected chi connectivity index (χ2v) is 7.08. The number of carbonyl (C=O) groups is 1. The summed E-state index contributed by atoms with van der Waals surface area (Å²) in [4.78, 5) is 12.1. The Labute approximate surface area is 188 Å². The summed E-state index contributed by atoms with van der Waals surface area (Å²) >= 11 is 5.84. The molecule has 164 valence electrons. The highest BCUT2D eigenvalue weighted by Crippen LogP contribution is 2.32. The van der Waals surface area contributed by atoms with E-state index in [0.717, 1.165) is 0 Å². The van der Waals surface area contributed by atoms with Crippen molar-refractivity contribution in [2.45, 2.75) is 0 Å². The Hall–Kier alpha value is -3.85. The van der Waals surface area contributed by atoms with Crippen molar-refractivity contribution in [2.75, 3.05) is 27.4 Å². The number of halogens is 1. The van der Waals surface area contributed by atoms with E-state index in [1.54, 1.807) is 61.2 Å². The predicted octanol–water partition coefficient (Wildman–Crippen LogP) is 3.27. The third-order valence-corrected chi connectivity index (χ3v) is 4.88. The molecule has 0 aliphatic carbocycles. The van der Waals surface area contributed by atoms with Crippen LogP contribution in [0, 0.1) is 0 Å². The molecule has 2 aromatic carbocycles. The third-order valence-electron chi connectivity index (χ3n) is 4.63. The zero-order valence-electron chi connectivity index (χ0n) is 17.4. The van der Waals surface area contributed by atoms with Crippen LogP contribution in [0.1, 0.15) is 10.4 Å². The molecule has 0 saturated heterocycles. The van der Waals surface area contributed by atoms with Gasteiger partial charge in [0, 0.05) is 22.7 Å². The second-order valence-electron chi connectivity index (χ2n) is 6.64. The number of nitrogens with zero attached hydrogens (tertiary/aromatic N) is 4. The molecule has 2 heterocycles. The molecule has 10 heteroatoms. The first kappa shape index (κ1) is 21.4. The fourth-order valence-electron chi connectivity index (χ4n) is 3.02. The van der Waals surface area contributed by atoms with E-state index in [4.69, 9.17) is 25.8 Å². The van der Waals surface area contributed by atoms with E-state index in [-0.39, 0.29) is 12.5 Å². The lowest BCUT2D eigenvalue weighted by Crippen LogP contribution is -2.28. The standard InChI is InChI=1S/C22H20ClN5O4/c1-30-16-7-8-17(18(13-16)31-2)21-26-25-19-9-10-20(27-28(19)21)32-12-11-24-22(29)14-3-5-15(23)6-4-14/h3-10,13H,11-12H2,1-2H3,(H,24,29). The van der Waals surface area contributed by atoms with Gasteiger partial charge in [-0.1, -0.05) is 11.6 Å². The summed E-state index contributed by atoms with van der Waals surface area (Å²) in [6.45, 7) is 0.545. The van der Waals surface area contributed by atoms with Gasteiger partial charge < -0.3 is 19.5 Å². The Morgan fingerprint density at radius 2 is 1.84 bits per heavy atom. The average molecular weight is 454 g/mol. The molecule has 9 nitrogen and oxygen atoms in total. The summed E-state index contributed by atoms with van der Waals surface area (Å²) in [5, 5.41) is 16.2. The van der Waals surface area contributed by atoms with Gasteiger partial charge in [0.15, 0.2) is 11.5 Å². The molecule has 2 aromatic heterocycles. The van der Waals surface area contributed by atoms with Crippen LogP contribution in [0.5, 0.6) is 17.4 Å². The van der Waals surface area contributed by atoms with E-state index in [2.05, 4.69) is 20.6 Å². The summed E-state index contributed by atoms with van der Waals surface area (Å²) in [6, 6.07) is 15.5. The number of fused-ring (bicyclic) bond motifs is 1. The number of methoxy groups -OCH3 is 2. The number of nitrogens with one attached hydrogen (secondary N) is 1. The van der Waals surface area contributed by atoms with Gasteiger partial charge in [0.1, 0.15) is 18.1 Å². The molecule has 1 amide bonds. The van der Waals surface area contributed by atoms with Crippen LogP contribution >= 0.6 is 11.6 Å². The number of amides is 1. The molecule has 0 spiro atoms. The number of rotatable bonds is 8. The van der Waals surface area contributed by atoms with Crippen LogP contribution in [0.2, 0.25) is 5.02 Å². The van der Waals surface area contributed by atoms with Crippen LogP contribution in [0.15, 0.2) is 54.6 Å². The number of carbonyl (C=O) groups excluding carboxylic acids is 1. The maximum atomic E-state index is 12.1. The Bertz CT molecular complexity index is 1240. The molecule has 0 saturated carbocycles. The zero-order chi connectivity index (χ0) is 22.5. The monoisotopic (exact) mass is 453 g/mol. The SMILES string of the molecule is COc1ccc(-c2nnc3ccc(OCCNC(=O)c4ccc(Cl)cc4)nn23)c(OC)c1. The smallest absolute Gasteiger partial charge is 0.251 e. The fraction of sp³-hybridized carbons (Fsp3) is 0.182. The summed E-state index contributed by atoms with van der Waals surface area (Å²) in [6.07, 6.45) is 0. The van der Waals surface area contributed by atoms with Gasteiger partial charge in [0.25, 0.3) is 5.91 Å². The first-order valence-corrected chi connectivity index (χ1v) is 10.1. The summed E-state index contributed by atoms with van der Waals surface area (Å²) in [5.74, 6) is 1.91. The van der Waals surface area contributed by atoms with Gasteiger partial charge in [-0.15, -0.1) is 15.3 Å². The lowest BCUT2D eigenvalue weighted by atomic mass is 10.2. The van der Waals surface area contributed by atoms with Crippen LogP contribution in [-0.2, 0) is 0 Å². The highest BCUT2D eigenvalue weighted by atomic mass is 35.5. The van der Waals surface area contributed by atoms with Crippen LogP contribution in [0.25, 0.3) is 17.0 Å². The quantitative estimate of drug-likeness (QED) is 0.409. The van der Waals surface area contributed by atoms with Crippen LogP contribution in [0.4, 0.5) is 0 Å². The molecule has 0 radical (unpaired) electrons. The minimum atomic E-state index is -0.207. The Morgan fingerprint density at radius 1 is 1.03 bits per heavy atom. The Kier molecular flexibility index (Phi) is 6.37. The molecular weight excluding hydrogens is 434 g/mol. The van der Waals surface area contributed by atoms with Crippen LogP contribution in [0.3, 0.4) is 0 Å². The van der Waals surface area contributed by atoms with Crippen molar-refractivity contribution in [3.05, 3.63) is 65.2 Å². The van der Waals surface area contributed by atoms with Crippen molar-refractivity contribution in [1.29, 1.82) is 0 Å². The van der Waals surface area contributed by atoms with Gasteiger partial charge in [-0.3, -0.25) is 4.79 Å². The first-order valence-electron chi connectivity index (χ1n) is 9.70. The van der Waals surface area contributed by atoms with E-state index < -0.39 is 0 Å². The number of hydrogen-bond acceptors (Lipinski definition) is 7. The molecular formula is C22H20ClN5O4. The van der Waals surface area contributed by atoms with Crippen molar-refractivity contribution < 1.29 is 19.0 Å². The topological polar surface area (TPSA) is 99.9 Å². The number of hydrogen-bond donors (Lipinski definition) is 1. The van der Waals surface area contributed by atoms with Crippen molar-refractivity contribution in [3.8, 4) is 28.8 Å². The van der Waals surface area contributed by atoms with Gasteiger partial charge >= 0.3 is 0 Å². The van der Waals surface area contributed by atoms with Gasteiger partial charge in [-0.25, -0.2) is 0 Å². The fourth-order valence-corrected chi connectivity index (χ4v) is 3.15. The van der Waals surface area contributed by atoms with Gasteiger partial charge in [-0.2, -0.15) is 4.52 Å². The molecule has 0 bridgehead atoms. The maximum absolute atomic E-state index is 12.1. The van der Waals surface area contributed by atoms with Gasteiger partial charge in [-0.05, 0) is 42.5 Å². The highest BCUT2D eigenvalue weighted by molar-refractivity contribution is 6.30. The predicted molar refractivity (Wildman–Crippen MR) is 119 cm³/mol. The highest BCUT2D eigenvalue weighted by Gasteiger charge is 2.16. The second kappa shape index (κ2) is 9.52. The molecule has 32 heavy (non-hydrogen) atoms. The molecule has 4 rings (SSSR count). The first-order chi connectivity index (χ1) is 15.6. The molecule has 0 aliphatic heterocycles. The molecule has 0 fully saturated rings. The van der Waals surface area contributed by atoms with E-state index >= 15 is 0 Å². The Morgan fingerprint density at radius 3 is 2.59 bits per heavy atom. The minimum absolute atomic E-state index is 0.207. The third kappa shape index (κ3) is 4.57. The maximum Gasteiger partial charge on any atom is 0.251 e. The molecule has 4 aromatic rings. The Balaban J connectivity index is 1.45. The van der Waals surface area contributed by atoms with Gasteiger partial charge in [0.2, 0.25) is 5.88 Å². The zero-order valence-corrected chi connectivity index (χ0v) is 18.2. The lowest BCUT2D eigenvalue weighted by molar-refractivity contribution is 0.0946. The lowest BCUT2D eigenvalue weighted by Gasteiger charge is -2.10. The summed E-state index contributed by atoms with van der Waals surface area (Å²) in [7, 11) is 3.16. The largest absolute Gasteiger partial charge is 0.497 e. The van der Waals surface area contributed by atoms with E-state index in [1.165, 1.54) is 0 Å². The molecule has 0 aliphatic rings. The van der Waals surface area contributed by atoms with Crippen LogP contribution < -0.4 is 19.5 Å². The molecule has 0 atom stereocenters.